The number of aldehydes is 1. The molecule has 0 bridgehead atoms. The molecule has 6 atom stereocenters. The minimum atomic E-state index is -1.98. The lowest BCUT2D eigenvalue weighted by Crippen LogP contribution is -2.72. The molecule has 0 saturated carbocycles. The number of carbonyl (C=O) groups excluding carboxylic acids is 3. The quantitative estimate of drug-likeness (QED) is 0.339. The van der Waals surface area contributed by atoms with Gasteiger partial charge in [-0.25, -0.2) is 4.79 Å². The third-order valence-corrected chi connectivity index (χ3v) is 10.9. The number of nitrogens with zero attached hydrogens (tertiary/aromatic N) is 1. The fourth-order valence-electron chi connectivity index (χ4n) is 5.64. The van der Waals surface area contributed by atoms with E-state index in [1.54, 1.807) is 0 Å². The van der Waals surface area contributed by atoms with Crippen LogP contribution < -0.4 is 5.32 Å². The lowest BCUT2D eigenvalue weighted by Gasteiger charge is -2.53. The highest BCUT2D eigenvalue weighted by molar-refractivity contribution is 6.59. The highest BCUT2D eigenvalue weighted by atomic mass is 28.3. The van der Waals surface area contributed by atoms with Crippen molar-refractivity contribution in [1.29, 1.82) is 0 Å². The maximum atomic E-state index is 13.4. The van der Waals surface area contributed by atoms with Crippen LogP contribution in [0.4, 0.5) is 4.79 Å². The molecule has 2 fully saturated rings. The predicted octanol–water partition coefficient (Wildman–Crippen LogP) is 1.81. The van der Waals surface area contributed by atoms with E-state index in [9.17, 15) is 24.6 Å². The van der Waals surface area contributed by atoms with Gasteiger partial charge in [0.05, 0.1) is 20.3 Å². The Kier molecular flexibility index (Phi) is 8.29. The average molecular weight is 531 g/mol. The molecule has 35 heavy (non-hydrogen) atoms. The number of aliphatic hydroxyl groups excluding tert-OH is 1. The second-order valence-corrected chi connectivity index (χ2v) is 18.8. The summed E-state index contributed by atoms with van der Waals surface area (Å²) in [5, 5.41) is 23.7. The molecule has 2 heterocycles. The Morgan fingerprint density at radius 3 is 2.11 bits per heavy atom. The molecule has 2 aliphatic rings. The molecule has 3 N–H and O–H groups in total. The number of aliphatic hydroxyl groups is 2. The highest BCUT2D eigenvalue weighted by Crippen LogP contribution is 2.52. The molecule has 0 aromatic heterocycles. The minimum absolute atomic E-state index is 0.0284. The van der Waals surface area contributed by atoms with E-state index in [1.807, 2.05) is 74.7 Å². The first-order valence-electron chi connectivity index (χ1n) is 12.5. The van der Waals surface area contributed by atoms with Gasteiger partial charge < -0.3 is 24.2 Å². The van der Waals surface area contributed by atoms with Crippen molar-refractivity contribution in [1.82, 2.24) is 10.2 Å². The molecule has 3 amide bonds. The van der Waals surface area contributed by atoms with Gasteiger partial charge in [-0.2, -0.15) is 0 Å². The number of imide groups is 1. The van der Waals surface area contributed by atoms with Crippen molar-refractivity contribution in [2.45, 2.75) is 110 Å². The van der Waals surface area contributed by atoms with Gasteiger partial charge in [0.1, 0.15) is 23.2 Å². The van der Waals surface area contributed by atoms with Gasteiger partial charge in [0, 0.05) is 13.0 Å². The van der Waals surface area contributed by atoms with E-state index in [4.69, 9.17) is 9.16 Å². The van der Waals surface area contributed by atoms with Crippen LogP contribution >= 0.6 is 0 Å². The van der Waals surface area contributed by atoms with E-state index in [2.05, 4.69) is 5.32 Å². The SMILES string of the molecule is C[SiH](C)OC(C(C)(C)C)C1(C)CN([C@@]2([SiH](C)C)C[C@@](O)(C(C)(C)C)[C@@H](C(O)C=O)O2)C(=O)NC1=O. The van der Waals surface area contributed by atoms with E-state index in [0.717, 1.165) is 0 Å². The Bertz CT molecular complexity index is 841. The molecular weight excluding hydrogens is 484 g/mol. The van der Waals surface area contributed by atoms with E-state index >= 15 is 0 Å². The van der Waals surface area contributed by atoms with Crippen molar-refractivity contribution in [2.24, 2.45) is 16.2 Å². The zero-order chi connectivity index (χ0) is 27.4. The number of rotatable bonds is 7. The molecule has 0 spiro atoms. The molecule has 3 unspecified atom stereocenters. The Morgan fingerprint density at radius 1 is 1.17 bits per heavy atom. The fraction of sp³-hybridized carbons (Fsp3) is 0.875. The topological polar surface area (TPSA) is 125 Å². The number of carbonyl (C=O) groups is 3. The summed E-state index contributed by atoms with van der Waals surface area (Å²) in [5.74, 6) is -0.401. The van der Waals surface area contributed by atoms with E-state index < -0.39 is 75.3 Å². The molecule has 0 aliphatic carbocycles. The number of ether oxygens (including phenoxy) is 1. The Balaban J connectivity index is 2.67. The highest BCUT2D eigenvalue weighted by Gasteiger charge is 2.67. The molecule has 11 heteroatoms. The average Bonchev–Trinajstić information content (AvgIpc) is 3.03. The lowest BCUT2D eigenvalue weighted by atomic mass is 9.69. The number of nitrogens with one attached hydrogen (secondary N) is 1. The Morgan fingerprint density at radius 2 is 1.71 bits per heavy atom. The number of hydrogen-bond acceptors (Lipinski definition) is 7. The lowest BCUT2D eigenvalue weighted by molar-refractivity contribution is -0.173. The van der Waals surface area contributed by atoms with Gasteiger partial charge in [-0.15, -0.1) is 0 Å². The van der Waals surface area contributed by atoms with Gasteiger partial charge >= 0.3 is 6.03 Å². The van der Waals surface area contributed by atoms with E-state index in [1.165, 1.54) is 4.90 Å². The standard InChI is InChI=1S/C24H46N2O7Si2/c1-20(2,3)17(33-35(10)11)22(7)14-26(19(30)25-18(22)29)24(34(8)9)13-23(31,21(4,5)6)16(32-24)15(28)12-27/h12,15-17,28,31,34-35H,13-14H2,1-11H3,(H,25,29,30)/t15?,16-,17?,22?,23+,24+/m1/s1. The van der Waals surface area contributed by atoms with Crippen molar-refractivity contribution in [3.63, 3.8) is 0 Å². The summed E-state index contributed by atoms with van der Waals surface area (Å²) in [6, 6.07) is -0.597. The molecule has 0 aromatic carbocycles. The van der Waals surface area contributed by atoms with Crippen LogP contribution in [0.3, 0.4) is 0 Å². The fourth-order valence-corrected chi connectivity index (χ4v) is 8.86. The van der Waals surface area contributed by atoms with Crippen LogP contribution in [-0.2, 0) is 18.8 Å². The van der Waals surface area contributed by atoms with Crippen molar-refractivity contribution >= 4 is 36.1 Å². The van der Waals surface area contributed by atoms with Gasteiger partial charge in [-0.1, -0.05) is 54.6 Å². The molecule has 0 radical (unpaired) electrons. The minimum Gasteiger partial charge on any atom is -0.416 e. The van der Waals surface area contributed by atoms with Gasteiger partial charge in [0.2, 0.25) is 5.91 Å². The smallest absolute Gasteiger partial charge is 0.326 e. The van der Waals surface area contributed by atoms with Crippen LogP contribution in [0.25, 0.3) is 0 Å². The maximum Gasteiger partial charge on any atom is 0.326 e. The first-order valence-corrected chi connectivity index (χ1v) is 18.2. The second-order valence-electron chi connectivity index (χ2n) is 13.2. The first-order chi connectivity index (χ1) is 15.7. The molecule has 9 nitrogen and oxygen atoms in total. The molecular formula is C24H46N2O7Si2. The monoisotopic (exact) mass is 530 g/mol. The number of amides is 3. The molecule has 2 aliphatic heterocycles. The largest absolute Gasteiger partial charge is 0.416 e. The summed E-state index contributed by atoms with van der Waals surface area (Å²) < 4.78 is 12.9. The third-order valence-electron chi connectivity index (χ3n) is 7.68. The van der Waals surface area contributed by atoms with Crippen molar-refractivity contribution in [3.05, 3.63) is 0 Å². The van der Waals surface area contributed by atoms with Gasteiger partial charge in [-0.3, -0.25) is 15.0 Å². The molecule has 2 rings (SSSR count). The van der Waals surface area contributed by atoms with Crippen LogP contribution in [-0.4, -0.2) is 87.0 Å². The predicted molar refractivity (Wildman–Crippen MR) is 139 cm³/mol. The number of hydrogen-bond donors (Lipinski definition) is 3. The first kappa shape index (κ1) is 30.1. The van der Waals surface area contributed by atoms with Crippen molar-refractivity contribution in [3.8, 4) is 0 Å². The molecule has 202 valence electrons. The van der Waals surface area contributed by atoms with E-state index in [0.29, 0.717) is 6.29 Å². The second kappa shape index (κ2) is 9.64. The normalized spacial score (nSPS) is 34.4. The summed E-state index contributed by atoms with van der Waals surface area (Å²) in [7, 11) is -3.54. The van der Waals surface area contributed by atoms with E-state index in [-0.39, 0.29) is 13.0 Å². The zero-order valence-electron chi connectivity index (χ0n) is 23.3. The third kappa shape index (κ3) is 5.17. The summed E-state index contributed by atoms with van der Waals surface area (Å²) in [5.41, 5.74) is -3.83. The van der Waals surface area contributed by atoms with Crippen LogP contribution in [0, 0.1) is 16.2 Å². The summed E-state index contributed by atoms with van der Waals surface area (Å²) in [6.45, 7) is 21.4. The molecule has 0 aromatic rings. The van der Waals surface area contributed by atoms with Gasteiger partial charge in [0.25, 0.3) is 0 Å². The van der Waals surface area contributed by atoms with Crippen LogP contribution in [0.2, 0.25) is 26.2 Å². The van der Waals surface area contributed by atoms with Crippen LogP contribution in [0.15, 0.2) is 0 Å². The summed E-state index contributed by atoms with van der Waals surface area (Å²) in [6.07, 6.45) is -2.86. The summed E-state index contributed by atoms with van der Waals surface area (Å²) >= 11 is 0. The van der Waals surface area contributed by atoms with Gasteiger partial charge in [-0.05, 0) is 30.8 Å². The van der Waals surface area contributed by atoms with Crippen LogP contribution in [0.1, 0.15) is 54.9 Å². The zero-order valence-corrected chi connectivity index (χ0v) is 25.6. The Hall–Kier alpha value is -1.12. The van der Waals surface area contributed by atoms with Crippen LogP contribution in [0.5, 0.6) is 0 Å². The summed E-state index contributed by atoms with van der Waals surface area (Å²) in [4.78, 5) is 39.9. The van der Waals surface area contributed by atoms with Gasteiger partial charge in [0.15, 0.2) is 15.3 Å². The maximum absolute atomic E-state index is 13.4. The molecule has 2 saturated heterocycles. The van der Waals surface area contributed by atoms with Crippen molar-refractivity contribution < 1.29 is 33.8 Å². The van der Waals surface area contributed by atoms with Crippen molar-refractivity contribution in [2.75, 3.05) is 6.54 Å². The Labute approximate surface area is 213 Å². The number of urea groups is 1.